The highest BCUT2D eigenvalue weighted by Gasteiger charge is 2.09. The summed E-state index contributed by atoms with van der Waals surface area (Å²) in [7, 11) is 0. The number of esters is 1. The van der Waals surface area contributed by atoms with Crippen LogP contribution in [0, 0.1) is 13.8 Å². The van der Waals surface area contributed by atoms with Crippen LogP contribution in [-0.2, 0) is 16.0 Å². The number of ether oxygens (including phenoxy) is 1. The zero-order valence-corrected chi connectivity index (χ0v) is 12.7. The van der Waals surface area contributed by atoms with Gasteiger partial charge < -0.3 is 10.1 Å². The zero-order chi connectivity index (χ0) is 14.5. The average molecular weight is 290 g/mol. The van der Waals surface area contributed by atoms with E-state index in [1.165, 1.54) is 22.5 Å². The van der Waals surface area contributed by atoms with Crippen LogP contribution >= 0.6 is 11.3 Å². The van der Waals surface area contributed by atoms with Crippen LogP contribution < -0.4 is 5.32 Å². The third-order valence-electron chi connectivity index (χ3n) is 3.03. The SMILES string of the molecule is CCOC(=O)Cc1csc(Nc2cccc(C)c2C)n1. The van der Waals surface area contributed by atoms with Crippen molar-refractivity contribution in [3.63, 3.8) is 0 Å². The minimum absolute atomic E-state index is 0.221. The smallest absolute Gasteiger partial charge is 0.311 e. The van der Waals surface area contributed by atoms with Crippen molar-refractivity contribution in [2.75, 3.05) is 11.9 Å². The third-order valence-corrected chi connectivity index (χ3v) is 3.84. The second kappa shape index (κ2) is 6.52. The molecule has 0 spiro atoms. The maximum atomic E-state index is 11.4. The number of aromatic nitrogens is 1. The summed E-state index contributed by atoms with van der Waals surface area (Å²) in [5.74, 6) is -0.240. The molecule has 0 radical (unpaired) electrons. The van der Waals surface area contributed by atoms with Gasteiger partial charge in [-0.2, -0.15) is 0 Å². The predicted octanol–water partition coefficient (Wildman–Crippen LogP) is 3.61. The maximum absolute atomic E-state index is 11.4. The molecule has 0 atom stereocenters. The molecular weight excluding hydrogens is 272 g/mol. The molecule has 106 valence electrons. The maximum Gasteiger partial charge on any atom is 0.311 e. The van der Waals surface area contributed by atoms with Gasteiger partial charge in [0.2, 0.25) is 0 Å². The Morgan fingerprint density at radius 2 is 2.20 bits per heavy atom. The molecule has 0 fully saturated rings. The van der Waals surface area contributed by atoms with Gasteiger partial charge in [0.05, 0.1) is 18.7 Å². The van der Waals surface area contributed by atoms with Gasteiger partial charge in [-0.3, -0.25) is 4.79 Å². The van der Waals surface area contributed by atoms with Gasteiger partial charge in [-0.1, -0.05) is 12.1 Å². The fourth-order valence-corrected chi connectivity index (χ4v) is 2.53. The van der Waals surface area contributed by atoms with Crippen LogP contribution in [0.3, 0.4) is 0 Å². The molecule has 0 aliphatic rings. The minimum atomic E-state index is -0.240. The molecule has 0 saturated carbocycles. The van der Waals surface area contributed by atoms with E-state index in [2.05, 4.69) is 30.2 Å². The number of anilines is 2. The van der Waals surface area contributed by atoms with Crippen molar-refractivity contribution in [3.05, 3.63) is 40.4 Å². The van der Waals surface area contributed by atoms with E-state index in [0.717, 1.165) is 16.5 Å². The molecule has 4 nitrogen and oxygen atoms in total. The minimum Gasteiger partial charge on any atom is -0.466 e. The van der Waals surface area contributed by atoms with Crippen molar-refractivity contribution < 1.29 is 9.53 Å². The van der Waals surface area contributed by atoms with E-state index in [1.807, 2.05) is 17.5 Å². The number of hydrogen-bond donors (Lipinski definition) is 1. The lowest BCUT2D eigenvalue weighted by atomic mass is 10.1. The highest BCUT2D eigenvalue weighted by Crippen LogP contribution is 2.25. The van der Waals surface area contributed by atoms with E-state index in [9.17, 15) is 4.79 Å². The Morgan fingerprint density at radius 3 is 2.95 bits per heavy atom. The number of nitrogens with zero attached hydrogens (tertiary/aromatic N) is 1. The van der Waals surface area contributed by atoms with Crippen LogP contribution in [0.5, 0.6) is 0 Å². The Hall–Kier alpha value is -1.88. The fraction of sp³-hybridized carbons (Fsp3) is 0.333. The number of rotatable bonds is 5. The fourth-order valence-electron chi connectivity index (χ4n) is 1.81. The van der Waals surface area contributed by atoms with Crippen molar-refractivity contribution in [2.24, 2.45) is 0 Å². The van der Waals surface area contributed by atoms with E-state index in [0.29, 0.717) is 6.61 Å². The van der Waals surface area contributed by atoms with E-state index in [1.54, 1.807) is 6.92 Å². The summed E-state index contributed by atoms with van der Waals surface area (Å²) in [4.78, 5) is 15.8. The van der Waals surface area contributed by atoms with Crippen LogP contribution in [0.4, 0.5) is 10.8 Å². The number of benzene rings is 1. The van der Waals surface area contributed by atoms with Gasteiger partial charge in [0.1, 0.15) is 0 Å². The van der Waals surface area contributed by atoms with Crippen molar-refractivity contribution in [3.8, 4) is 0 Å². The summed E-state index contributed by atoms with van der Waals surface area (Å²) in [5.41, 5.74) is 4.22. The van der Waals surface area contributed by atoms with E-state index >= 15 is 0 Å². The molecule has 2 aromatic rings. The molecular formula is C15H18N2O2S. The highest BCUT2D eigenvalue weighted by atomic mass is 32.1. The highest BCUT2D eigenvalue weighted by molar-refractivity contribution is 7.13. The van der Waals surface area contributed by atoms with Crippen LogP contribution in [0.15, 0.2) is 23.6 Å². The van der Waals surface area contributed by atoms with Gasteiger partial charge in [-0.25, -0.2) is 4.98 Å². The quantitative estimate of drug-likeness (QED) is 0.855. The number of carbonyl (C=O) groups is 1. The number of thiazole rings is 1. The number of nitrogens with one attached hydrogen (secondary N) is 1. The second-order valence-electron chi connectivity index (χ2n) is 4.50. The lowest BCUT2D eigenvalue weighted by Crippen LogP contribution is -2.07. The first-order valence-corrected chi connectivity index (χ1v) is 7.41. The molecule has 0 amide bonds. The van der Waals surface area contributed by atoms with Crippen LogP contribution in [0.2, 0.25) is 0 Å². The van der Waals surface area contributed by atoms with Gasteiger partial charge in [0, 0.05) is 11.1 Å². The Labute approximate surface area is 122 Å². The molecule has 0 unspecified atom stereocenters. The monoisotopic (exact) mass is 290 g/mol. The summed E-state index contributed by atoms with van der Waals surface area (Å²) in [6.45, 7) is 6.35. The summed E-state index contributed by atoms with van der Waals surface area (Å²) >= 11 is 1.49. The third kappa shape index (κ3) is 3.57. The Kier molecular flexibility index (Phi) is 4.74. The Balaban J connectivity index is 2.06. The van der Waals surface area contributed by atoms with Gasteiger partial charge in [0.25, 0.3) is 0 Å². The van der Waals surface area contributed by atoms with Crippen molar-refractivity contribution in [2.45, 2.75) is 27.2 Å². The molecule has 1 aromatic heterocycles. The Bertz CT molecular complexity index is 608. The van der Waals surface area contributed by atoms with Crippen molar-refractivity contribution in [1.29, 1.82) is 0 Å². The molecule has 0 aliphatic heterocycles. The summed E-state index contributed by atoms with van der Waals surface area (Å²) in [6.07, 6.45) is 0.221. The van der Waals surface area contributed by atoms with E-state index in [-0.39, 0.29) is 12.4 Å². The zero-order valence-electron chi connectivity index (χ0n) is 11.9. The van der Waals surface area contributed by atoms with E-state index in [4.69, 9.17) is 4.74 Å². The molecule has 20 heavy (non-hydrogen) atoms. The molecule has 0 saturated heterocycles. The van der Waals surface area contributed by atoms with Gasteiger partial charge in [0.15, 0.2) is 5.13 Å². The normalized spacial score (nSPS) is 10.3. The molecule has 1 aromatic carbocycles. The van der Waals surface area contributed by atoms with Crippen LogP contribution in [0.25, 0.3) is 0 Å². The summed E-state index contributed by atoms with van der Waals surface area (Å²) < 4.78 is 4.91. The lowest BCUT2D eigenvalue weighted by molar-refractivity contribution is -0.142. The van der Waals surface area contributed by atoms with Gasteiger partial charge in [-0.05, 0) is 38.0 Å². The van der Waals surface area contributed by atoms with Crippen molar-refractivity contribution >= 4 is 28.1 Å². The Morgan fingerprint density at radius 1 is 1.40 bits per heavy atom. The first kappa shape index (κ1) is 14.5. The van der Waals surface area contributed by atoms with Gasteiger partial charge >= 0.3 is 5.97 Å². The largest absolute Gasteiger partial charge is 0.466 e. The molecule has 0 bridgehead atoms. The van der Waals surface area contributed by atoms with Crippen molar-refractivity contribution in [1.82, 2.24) is 4.98 Å². The molecule has 1 N–H and O–H groups in total. The lowest BCUT2D eigenvalue weighted by Gasteiger charge is -2.08. The molecule has 1 heterocycles. The summed E-state index contributed by atoms with van der Waals surface area (Å²) in [5, 5.41) is 5.96. The van der Waals surface area contributed by atoms with Crippen LogP contribution in [-0.4, -0.2) is 17.6 Å². The first-order valence-electron chi connectivity index (χ1n) is 6.53. The number of hydrogen-bond acceptors (Lipinski definition) is 5. The number of carbonyl (C=O) groups excluding carboxylic acids is 1. The molecule has 5 heteroatoms. The molecule has 0 aliphatic carbocycles. The van der Waals surface area contributed by atoms with Gasteiger partial charge in [-0.15, -0.1) is 11.3 Å². The van der Waals surface area contributed by atoms with Crippen LogP contribution in [0.1, 0.15) is 23.7 Å². The average Bonchev–Trinajstić information content (AvgIpc) is 2.82. The standard InChI is InChI=1S/C15H18N2O2S/c1-4-19-14(18)8-12-9-20-15(16-12)17-13-7-5-6-10(2)11(13)3/h5-7,9H,4,8H2,1-3H3,(H,16,17). The number of aryl methyl sites for hydroxylation is 1. The molecule has 2 rings (SSSR count). The predicted molar refractivity (Wildman–Crippen MR) is 81.6 cm³/mol. The second-order valence-corrected chi connectivity index (χ2v) is 5.36. The summed E-state index contributed by atoms with van der Waals surface area (Å²) in [6, 6.07) is 6.11. The van der Waals surface area contributed by atoms with E-state index < -0.39 is 0 Å². The topological polar surface area (TPSA) is 51.2 Å². The first-order chi connectivity index (χ1) is 9.60.